The summed E-state index contributed by atoms with van der Waals surface area (Å²) in [5.41, 5.74) is 2.32. The summed E-state index contributed by atoms with van der Waals surface area (Å²) in [5.74, 6) is -0.409. The molecule has 0 aliphatic carbocycles. The van der Waals surface area contributed by atoms with Gasteiger partial charge in [-0.2, -0.15) is 0 Å². The second-order valence-electron chi connectivity index (χ2n) is 7.63. The van der Waals surface area contributed by atoms with Crippen molar-refractivity contribution in [1.82, 2.24) is 15.2 Å². The Balaban J connectivity index is 1.19. The molecule has 2 N–H and O–H groups in total. The number of hydrogen-bond acceptors (Lipinski definition) is 6. The predicted octanol–water partition coefficient (Wildman–Crippen LogP) is 3.34. The molecular formula is C24H27N5O2S. The van der Waals surface area contributed by atoms with Crippen LogP contribution in [0.5, 0.6) is 0 Å². The fraction of sp³-hybridized carbons (Fsp3) is 0.292. The van der Waals surface area contributed by atoms with Gasteiger partial charge in [0.15, 0.2) is 0 Å². The molecule has 1 aliphatic rings. The number of thiophene rings is 1. The van der Waals surface area contributed by atoms with Crippen molar-refractivity contribution in [3.05, 3.63) is 76.7 Å². The van der Waals surface area contributed by atoms with Gasteiger partial charge in [0.2, 0.25) is 0 Å². The summed E-state index contributed by atoms with van der Waals surface area (Å²) in [7, 11) is 0. The summed E-state index contributed by atoms with van der Waals surface area (Å²) < 4.78 is 0. The zero-order valence-electron chi connectivity index (χ0n) is 17.9. The molecule has 1 fully saturated rings. The van der Waals surface area contributed by atoms with Crippen molar-refractivity contribution in [3.63, 3.8) is 0 Å². The number of nitrogens with one attached hydrogen (secondary N) is 2. The molecule has 0 unspecified atom stereocenters. The van der Waals surface area contributed by atoms with Crippen molar-refractivity contribution in [2.45, 2.75) is 6.42 Å². The van der Waals surface area contributed by atoms with E-state index in [9.17, 15) is 9.59 Å². The quantitative estimate of drug-likeness (QED) is 0.516. The van der Waals surface area contributed by atoms with Gasteiger partial charge in [-0.05, 0) is 48.7 Å². The van der Waals surface area contributed by atoms with Gasteiger partial charge in [0.25, 0.3) is 11.8 Å². The van der Waals surface area contributed by atoms with Crippen LogP contribution in [-0.2, 0) is 0 Å². The van der Waals surface area contributed by atoms with Crippen LogP contribution in [0, 0.1) is 0 Å². The van der Waals surface area contributed by atoms with Gasteiger partial charge in [-0.15, -0.1) is 11.3 Å². The largest absolute Gasteiger partial charge is 0.369 e. The minimum atomic E-state index is -0.255. The van der Waals surface area contributed by atoms with Crippen LogP contribution in [0.1, 0.15) is 26.5 Å². The van der Waals surface area contributed by atoms with Crippen LogP contribution >= 0.6 is 11.3 Å². The van der Waals surface area contributed by atoms with Crippen LogP contribution in [0.2, 0.25) is 0 Å². The van der Waals surface area contributed by atoms with Gasteiger partial charge in [-0.3, -0.25) is 19.5 Å². The Hall–Kier alpha value is -3.23. The molecule has 0 bridgehead atoms. The van der Waals surface area contributed by atoms with E-state index < -0.39 is 0 Å². The maximum Gasteiger partial charge on any atom is 0.263 e. The minimum absolute atomic E-state index is 0.154. The van der Waals surface area contributed by atoms with E-state index in [2.05, 4.69) is 49.7 Å². The molecule has 4 rings (SSSR count). The Morgan fingerprint density at radius 1 is 0.938 bits per heavy atom. The lowest BCUT2D eigenvalue weighted by atomic mass is 10.2. The van der Waals surface area contributed by atoms with Crippen LogP contribution in [0.3, 0.4) is 0 Å². The van der Waals surface area contributed by atoms with Crippen molar-refractivity contribution < 1.29 is 9.59 Å². The number of aromatic nitrogens is 1. The van der Waals surface area contributed by atoms with E-state index >= 15 is 0 Å². The van der Waals surface area contributed by atoms with Gasteiger partial charge in [0.05, 0.1) is 5.69 Å². The first-order chi connectivity index (χ1) is 15.7. The summed E-state index contributed by atoms with van der Waals surface area (Å²) in [6, 6.07) is 15.5. The number of amides is 2. The summed E-state index contributed by atoms with van der Waals surface area (Å²) in [6.07, 6.45) is 4.02. The maximum absolute atomic E-state index is 12.6. The van der Waals surface area contributed by atoms with E-state index in [0.717, 1.165) is 39.1 Å². The highest BCUT2D eigenvalue weighted by Gasteiger charge is 2.18. The topological polar surface area (TPSA) is 77.6 Å². The first kappa shape index (κ1) is 22.0. The third-order valence-corrected chi connectivity index (χ3v) is 6.41. The van der Waals surface area contributed by atoms with Crippen LogP contribution in [0.25, 0.3) is 0 Å². The zero-order valence-corrected chi connectivity index (χ0v) is 18.7. The van der Waals surface area contributed by atoms with Crippen molar-refractivity contribution >= 4 is 34.5 Å². The first-order valence-electron chi connectivity index (χ1n) is 10.8. The molecule has 1 saturated heterocycles. The van der Waals surface area contributed by atoms with Crippen molar-refractivity contribution in [1.29, 1.82) is 0 Å². The smallest absolute Gasteiger partial charge is 0.263 e. The SMILES string of the molecule is O=C(Nc1ccsc1C(=O)NCCCN1CCN(c2ccccc2)CC1)c1ccncc1. The van der Waals surface area contributed by atoms with Crippen molar-refractivity contribution in [2.75, 3.05) is 49.5 Å². The number of carbonyl (C=O) groups excluding carboxylic acids is 2. The molecule has 1 aliphatic heterocycles. The molecule has 166 valence electrons. The van der Waals surface area contributed by atoms with Crippen LogP contribution in [0.15, 0.2) is 66.3 Å². The molecule has 3 aromatic rings. The molecule has 1 aromatic carbocycles. The van der Waals surface area contributed by atoms with Crippen LogP contribution in [-0.4, -0.2) is 61.0 Å². The van der Waals surface area contributed by atoms with Crippen LogP contribution < -0.4 is 15.5 Å². The lowest BCUT2D eigenvalue weighted by Gasteiger charge is -2.36. The number of anilines is 2. The van der Waals surface area contributed by atoms with Crippen molar-refractivity contribution in [3.8, 4) is 0 Å². The van der Waals surface area contributed by atoms with E-state index in [4.69, 9.17) is 0 Å². The Morgan fingerprint density at radius 3 is 2.44 bits per heavy atom. The number of rotatable bonds is 8. The molecule has 3 heterocycles. The highest BCUT2D eigenvalue weighted by molar-refractivity contribution is 7.12. The number of hydrogen-bond donors (Lipinski definition) is 2. The molecule has 0 saturated carbocycles. The van der Waals surface area contributed by atoms with Gasteiger partial charge in [0, 0.05) is 56.4 Å². The normalized spacial score (nSPS) is 14.2. The average Bonchev–Trinajstić information content (AvgIpc) is 3.31. The standard InChI is InChI=1S/C24H27N5O2S/c30-23(19-7-11-25-12-8-19)27-21-9-18-32-22(21)24(31)26-10-4-13-28-14-16-29(17-15-28)20-5-2-1-3-6-20/h1-3,5-9,11-12,18H,4,10,13-17H2,(H,26,31)(H,27,30). The molecular weight excluding hydrogens is 422 g/mol. The third kappa shape index (κ3) is 5.72. The Labute approximate surface area is 192 Å². The zero-order chi connectivity index (χ0) is 22.2. The lowest BCUT2D eigenvalue weighted by Crippen LogP contribution is -2.47. The summed E-state index contributed by atoms with van der Waals surface area (Å²) >= 11 is 1.32. The van der Waals surface area contributed by atoms with E-state index in [0.29, 0.717) is 22.7 Å². The average molecular weight is 450 g/mol. The van der Waals surface area contributed by atoms with Gasteiger partial charge in [0.1, 0.15) is 4.88 Å². The fourth-order valence-corrected chi connectivity index (χ4v) is 4.50. The predicted molar refractivity (Wildman–Crippen MR) is 129 cm³/mol. The molecule has 8 heteroatoms. The van der Waals surface area contributed by atoms with E-state index in [1.807, 2.05) is 11.4 Å². The van der Waals surface area contributed by atoms with E-state index in [1.165, 1.54) is 17.0 Å². The molecule has 0 radical (unpaired) electrons. The summed E-state index contributed by atoms with van der Waals surface area (Å²) in [6.45, 7) is 5.66. The molecule has 0 spiro atoms. The highest BCUT2D eigenvalue weighted by Crippen LogP contribution is 2.23. The second-order valence-corrected chi connectivity index (χ2v) is 8.54. The number of para-hydroxylation sites is 1. The summed E-state index contributed by atoms with van der Waals surface area (Å²) in [5, 5.41) is 7.61. The van der Waals surface area contributed by atoms with Gasteiger partial charge in [-0.25, -0.2) is 0 Å². The number of benzene rings is 1. The Bertz CT molecular complexity index is 1020. The molecule has 32 heavy (non-hydrogen) atoms. The molecule has 7 nitrogen and oxygen atoms in total. The van der Waals surface area contributed by atoms with Gasteiger partial charge >= 0.3 is 0 Å². The van der Waals surface area contributed by atoms with Gasteiger partial charge in [-0.1, -0.05) is 18.2 Å². The molecule has 0 atom stereocenters. The van der Waals surface area contributed by atoms with Crippen LogP contribution in [0.4, 0.5) is 11.4 Å². The summed E-state index contributed by atoms with van der Waals surface area (Å²) in [4.78, 5) is 34.3. The number of pyridine rings is 1. The van der Waals surface area contributed by atoms with Crippen molar-refractivity contribution in [2.24, 2.45) is 0 Å². The Morgan fingerprint density at radius 2 is 1.69 bits per heavy atom. The number of piperazine rings is 1. The molecule has 2 aromatic heterocycles. The minimum Gasteiger partial charge on any atom is -0.369 e. The monoisotopic (exact) mass is 449 g/mol. The second kappa shape index (κ2) is 10.9. The number of nitrogens with zero attached hydrogens (tertiary/aromatic N) is 3. The third-order valence-electron chi connectivity index (χ3n) is 5.49. The highest BCUT2D eigenvalue weighted by atomic mass is 32.1. The number of carbonyl (C=O) groups is 2. The lowest BCUT2D eigenvalue weighted by molar-refractivity contribution is 0.0956. The first-order valence-corrected chi connectivity index (χ1v) is 11.7. The maximum atomic E-state index is 12.6. The van der Waals surface area contributed by atoms with E-state index in [-0.39, 0.29) is 11.8 Å². The fourth-order valence-electron chi connectivity index (χ4n) is 3.73. The Kier molecular flexibility index (Phi) is 7.47. The molecule has 2 amide bonds. The van der Waals surface area contributed by atoms with Gasteiger partial charge < -0.3 is 15.5 Å². The van der Waals surface area contributed by atoms with E-state index in [1.54, 1.807) is 30.6 Å².